The zero-order chi connectivity index (χ0) is 12.2. The molecule has 0 aliphatic heterocycles. The maximum atomic E-state index is 4.35. The first-order chi connectivity index (χ1) is 7.44. The first-order valence-corrected chi connectivity index (χ1v) is 6.97. The Bertz CT molecular complexity index is 318. The quantitative estimate of drug-likeness (QED) is 0.830. The topological polar surface area (TPSA) is 29.9 Å². The average molecular weight is 241 g/mol. The molecule has 1 heterocycles. The largest absolute Gasteiger partial charge is 0.354 e. The minimum Gasteiger partial charge on any atom is -0.354 e. The Morgan fingerprint density at radius 3 is 2.75 bits per heavy atom. The molecule has 0 bridgehead atoms. The summed E-state index contributed by atoms with van der Waals surface area (Å²) in [4.78, 5) is 4.35. The molecular weight excluding hydrogens is 218 g/mol. The highest BCUT2D eigenvalue weighted by Gasteiger charge is 2.16. The minimum absolute atomic E-state index is 0.245. The molecule has 4 heteroatoms. The number of anilines is 1. The molecule has 92 valence electrons. The molecule has 1 rings (SSSR count). The predicted molar refractivity (Wildman–Crippen MR) is 73.1 cm³/mol. The van der Waals surface area contributed by atoms with Gasteiger partial charge < -0.3 is 9.88 Å². The van der Waals surface area contributed by atoms with E-state index in [1.54, 1.807) is 0 Å². The highest BCUT2D eigenvalue weighted by molar-refractivity contribution is 7.99. The molecule has 0 saturated heterocycles. The molecule has 0 amide bonds. The van der Waals surface area contributed by atoms with Crippen LogP contribution in [0.15, 0.2) is 12.4 Å². The fourth-order valence-electron chi connectivity index (χ4n) is 1.38. The van der Waals surface area contributed by atoms with Gasteiger partial charge in [0.15, 0.2) is 0 Å². The summed E-state index contributed by atoms with van der Waals surface area (Å²) in [6.07, 6.45) is 6.04. The zero-order valence-electron chi connectivity index (χ0n) is 10.9. The Labute approximate surface area is 103 Å². The van der Waals surface area contributed by atoms with Crippen LogP contribution in [0.2, 0.25) is 0 Å². The van der Waals surface area contributed by atoms with Gasteiger partial charge in [0.1, 0.15) is 0 Å². The number of hydrogen-bond acceptors (Lipinski definition) is 3. The standard InChI is InChI=1S/C12H23N3S/c1-10(2)8-15-7-6-13-11(15)14-9-12(3,4)16-5/h6-7,10H,8-9H2,1-5H3,(H,13,14). The Morgan fingerprint density at radius 1 is 1.50 bits per heavy atom. The summed E-state index contributed by atoms with van der Waals surface area (Å²) in [5, 5.41) is 3.42. The van der Waals surface area contributed by atoms with Gasteiger partial charge in [-0.2, -0.15) is 11.8 Å². The molecule has 0 aliphatic carbocycles. The van der Waals surface area contributed by atoms with Crippen LogP contribution in [0.1, 0.15) is 27.7 Å². The number of nitrogens with zero attached hydrogens (tertiary/aromatic N) is 2. The lowest BCUT2D eigenvalue weighted by molar-refractivity contribution is 0.525. The van der Waals surface area contributed by atoms with Crippen LogP contribution in [0.3, 0.4) is 0 Å². The van der Waals surface area contributed by atoms with Gasteiger partial charge in [-0.05, 0) is 26.0 Å². The molecule has 0 aliphatic rings. The molecule has 0 fully saturated rings. The number of aromatic nitrogens is 2. The maximum Gasteiger partial charge on any atom is 0.202 e. The molecule has 0 radical (unpaired) electrons. The minimum atomic E-state index is 0.245. The fraction of sp³-hybridized carbons (Fsp3) is 0.750. The first kappa shape index (κ1) is 13.4. The molecule has 0 spiro atoms. The molecule has 1 aromatic heterocycles. The van der Waals surface area contributed by atoms with Crippen molar-refractivity contribution < 1.29 is 0 Å². The van der Waals surface area contributed by atoms with E-state index in [0.717, 1.165) is 19.0 Å². The van der Waals surface area contributed by atoms with E-state index in [-0.39, 0.29) is 4.75 Å². The third-order valence-corrected chi connectivity index (χ3v) is 3.75. The number of nitrogens with one attached hydrogen (secondary N) is 1. The van der Waals surface area contributed by atoms with Crippen molar-refractivity contribution in [1.29, 1.82) is 0 Å². The van der Waals surface area contributed by atoms with E-state index in [9.17, 15) is 0 Å². The summed E-state index contributed by atoms with van der Waals surface area (Å²) in [6, 6.07) is 0. The zero-order valence-corrected chi connectivity index (χ0v) is 11.8. The smallest absolute Gasteiger partial charge is 0.202 e. The average Bonchev–Trinajstić information content (AvgIpc) is 2.62. The van der Waals surface area contributed by atoms with Crippen molar-refractivity contribution in [3.05, 3.63) is 12.4 Å². The number of imidazole rings is 1. The van der Waals surface area contributed by atoms with Crippen LogP contribution in [-0.2, 0) is 6.54 Å². The molecule has 0 aromatic carbocycles. The second-order valence-electron chi connectivity index (χ2n) is 5.11. The van der Waals surface area contributed by atoms with Crippen LogP contribution < -0.4 is 5.32 Å². The Morgan fingerprint density at radius 2 is 2.19 bits per heavy atom. The molecule has 0 saturated carbocycles. The van der Waals surface area contributed by atoms with Crippen LogP contribution in [0.4, 0.5) is 5.95 Å². The fourth-order valence-corrected chi connectivity index (χ4v) is 1.60. The highest BCUT2D eigenvalue weighted by Crippen LogP contribution is 2.21. The van der Waals surface area contributed by atoms with Crippen molar-refractivity contribution in [2.75, 3.05) is 18.1 Å². The normalized spacial score (nSPS) is 12.1. The monoisotopic (exact) mass is 241 g/mol. The van der Waals surface area contributed by atoms with Gasteiger partial charge in [-0.1, -0.05) is 13.8 Å². The highest BCUT2D eigenvalue weighted by atomic mass is 32.2. The van der Waals surface area contributed by atoms with Crippen LogP contribution in [-0.4, -0.2) is 27.1 Å². The van der Waals surface area contributed by atoms with E-state index in [1.807, 2.05) is 24.2 Å². The molecule has 1 aromatic rings. The van der Waals surface area contributed by atoms with Gasteiger partial charge in [0.2, 0.25) is 5.95 Å². The van der Waals surface area contributed by atoms with Gasteiger partial charge in [-0.15, -0.1) is 0 Å². The Kier molecular flexibility index (Phi) is 4.71. The number of thioether (sulfide) groups is 1. The number of rotatable bonds is 6. The third-order valence-electron chi connectivity index (χ3n) is 2.50. The molecule has 3 nitrogen and oxygen atoms in total. The predicted octanol–water partition coefficient (Wildman–Crippen LogP) is 3.09. The van der Waals surface area contributed by atoms with Gasteiger partial charge >= 0.3 is 0 Å². The number of hydrogen-bond donors (Lipinski definition) is 1. The van der Waals surface area contributed by atoms with Crippen molar-refractivity contribution in [2.24, 2.45) is 5.92 Å². The van der Waals surface area contributed by atoms with E-state index in [0.29, 0.717) is 5.92 Å². The van der Waals surface area contributed by atoms with Crippen molar-refractivity contribution in [1.82, 2.24) is 9.55 Å². The van der Waals surface area contributed by atoms with Gasteiger partial charge in [-0.3, -0.25) is 0 Å². The second kappa shape index (κ2) is 5.62. The Hall–Kier alpha value is -0.640. The van der Waals surface area contributed by atoms with Crippen molar-refractivity contribution in [3.8, 4) is 0 Å². The Balaban J connectivity index is 2.57. The van der Waals surface area contributed by atoms with Crippen LogP contribution >= 0.6 is 11.8 Å². The summed E-state index contributed by atoms with van der Waals surface area (Å²) in [6.45, 7) is 10.9. The van der Waals surface area contributed by atoms with Crippen LogP contribution in [0, 0.1) is 5.92 Å². The van der Waals surface area contributed by atoms with Crippen molar-refractivity contribution in [3.63, 3.8) is 0 Å². The summed E-state index contributed by atoms with van der Waals surface area (Å²) >= 11 is 1.87. The van der Waals surface area contributed by atoms with Crippen LogP contribution in [0.25, 0.3) is 0 Å². The van der Waals surface area contributed by atoms with E-state index >= 15 is 0 Å². The summed E-state index contributed by atoms with van der Waals surface area (Å²) in [5.74, 6) is 1.62. The first-order valence-electron chi connectivity index (χ1n) is 5.75. The molecule has 0 atom stereocenters. The van der Waals surface area contributed by atoms with E-state index in [4.69, 9.17) is 0 Å². The second-order valence-corrected chi connectivity index (χ2v) is 6.63. The van der Waals surface area contributed by atoms with E-state index < -0.39 is 0 Å². The lowest BCUT2D eigenvalue weighted by Gasteiger charge is -2.23. The lowest BCUT2D eigenvalue weighted by Crippen LogP contribution is -2.27. The van der Waals surface area contributed by atoms with E-state index in [1.165, 1.54) is 0 Å². The van der Waals surface area contributed by atoms with Crippen LogP contribution in [0.5, 0.6) is 0 Å². The third kappa shape index (κ3) is 4.08. The molecule has 0 unspecified atom stereocenters. The SMILES string of the molecule is CSC(C)(C)CNc1nccn1CC(C)C. The summed E-state index contributed by atoms with van der Waals surface area (Å²) in [7, 11) is 0. The van der Waals surface area contributed by atoms with E-state index in [2.05, 4.69) is 48.8 Å². The van der Waals surface area contributed by atoms with Gasteiger partial charge in [0.05, 0.1) is 0 Å². The lowest BCUT2D eigenvalue weighted by atomic mass is 10.2. The molecule has 16 heavy (non-hydrogen) atoms. The van der Waals surface area contributed by atoms with Gasteiger partial charge in [0.25, 0.3) is 0 Å². The van der Waals surface area contributed by atoms with Gasteiger partial charge in [-0.25, -0.2) is 4.98 Å². The maximum absolute atomic E-state index is 4.35. The van der Waals surface area contributed by atoms with Gasteiger partial charge in [0, 0.05) is 30.2 Å². The van der Waals surface area contributed by atoms with Crippen molar-refractivity contribution in [2.45, 2.75) is 39.0 Å². The summed E-state index contributed by atoms with van der Waals surface area (Å²) < 4.78 is 2.43. The molecule has 1 N–H and O–H groups in total. The van der Waals surface area contributed by atoms with Crippen molar-refractivity contribution >= 4 is 17.7 Å². The molecular formula is C12H23N3S. The summed E-state index contributed by atoms with van der Waals surface area (Å²) in [5.41, 5.74) is 0.